The van der Waals surface area contributed by atoms with Gasteiger partial charge in [0.1, 0.15) is 17.6 Å². The molecule has 2 aromatic carbocycles. The smallest absolute Gasteiger partial charge is 0.408 e. The maximum atomic E-state index is 12.4. The van der Waals surface area contributed by atoms with E-state index in [0.717, 1.165) is 53.8 Å². The summed E-state index contributed by atoms with van der Waals surface area (Å²) in [5, 5.41) is 19.5. The number of hydrogen-bond donors (Lipinski definition) is 4. The van der Waals surface area contributed by atoms with Gasteiger partial charge in [0, 0.05) is 50.6 Å². The predicted octanol–water partition coefficient (Wildman–Crippen LogP) is 4.97. The van der Waals surface area contributed by atoms with Crippen LogP contribution in [-0.2, 0) is 30.3 Å². The second kappa shape index (κ2) is 18.2. The second-order valence-electron chi connectivity index (χ2n) is 13.2. The standard InChI is InChI=1S/C36H52N4O8/c1-25(38-35(44)48-36(2,3)4)26-11-8-12-27(23-26)47-21-7-5-6-18-45-19-10-20-46-22-17-37-30-14-9-13-28-29(30)24-40(34(28)43)31-15-16-32(41)39-33(31)42/h8-9,11-14,23,25,31,34,37,43H,5-7,10,15-22,24H2,1-4H3,(H,38,44)(H,39,41,42)/t25-,31?,34?/m1/s1. The molecule has 0 saturated carbocycles. The summed E-state index contributed by atoms with van der Waals surface area (Å²) < 4.78 is 22.8. The normalized spacial score (nSPS) is 18.6. The number of carbonyl (C=O) groups is 3. The SMILES string of the molecule is C[C@@H](NC(=O)OC(C)(C)C)c1cccc(OCCCCCOCCCOCCNc2cccc3c2CN(C2CCC(=O)NC2=O)C3O)c1. The summed E-state index contributed by atoms with van der Waals surface area (Å²) >= 11 is 0. The van der Waals surface area contributed by atoms with E-state index in [1.165, 1.54) is 0 Å². The fraction of sp³-hybridized carbons (Fsp3) is 0.583. The van der Waals surface area contributed by atoms with E-state index in [0.29, 0.717) is 52.5 Å². The van der Waals surface area contributed by atoms with Crippen molar-refractivity contribution in [3.63, 3.8) is 0 Å². The van der Waals surface area contributed by atoms with Gasteiger partial charge in [-0.2, -0.15) is 0 Å². The number of fused-ring (bicyclic) bond motifs is 1. The van der Waals surface area contributed by atoms with Gasteiger partial charge in [-0.15, -0.1) is 0 Å². The lowest BCUT2D eigenvalue weighted by molar-refractivity contribution is -0.141. The zero-order valence-corrected chi connectivity index (χ0v) is 28.7. The number of rotatable bonds is 18. The Bertz CT molecular complexity index is 1360. The molecule has 1 fully saturated rings. The summed E-state index contributed by atoms with van der Waals surface area (Å²) in [6.45, 7) is 11.6. The molecule has 0 radical (unpaired) electrons. The average Bonchev–Trinajstić information content (AvgIpc) is 3.36. The largest absolute Gasteiger partial charge is 0.494 e. The van der Waals surface area contributed by atoms with Crippen molar-refractivity contribution in [2.75, 3.05) is 44.9 Å². The molecule has 12 heteroatoms. The zero-order chi connectivity index (χ0) is 34.5. The van der Waals surface area contributed by atoms with E-state index in [1.807, 2.05) is 70.2 Å². The van der Waals surface area contributed by atoms with E-state index < -0.39 is 24.0 Å². The van der Waals surface area contributed by atoms with Crippen LogP contribution < -0.4 is 20.7 Å². The first-order valence-corrected chi connectivity index (χ1v) is 17.0. The molecule has 48 heavy (non-hydrogen) atoms. The minimum Gasteiger partial charge on any atom is -0.494 e. The lowest BCUT2D eigenvalue weighted by Gasteiger charge is -2.31. The van der Waals surface area contributed by atoms with Crippen molar-refractivity contribution in [3.8, 4) is 5.75 Å². The van der Waals surface area contributed by atoms with E-state index in [9.17, 15) is 19.5 Å². The molecule has 2 aliphatic rings. The molecular formula is C36H52N4O8. The zero-order valence-electron chi connectivity index (χ0n) is 28.7. The van der Waals surface area contributed by atoms with Crippen LogP contribution in [0, 0.1) is 0 Å². The average molecular weight is 669 g/mol. The van der Waals surface area contributed by atoms with Gasteiger partial charge >= 0.3 is 6.09 Å². The van der Waals surface area contributed by atoms with Gasteiger partial charge in [0.15, 0.2) is 0 Å². The lowest BCUT2D eigenvalue weighted by atomic mass is 10.0. The predicted molar refractivity (Wildman–Crippen MR) is 181 cm³/mol. The van der Waals surface area contributed by atoms with Crippen molar-refractivity contribution < 1.29 is 38.4 Å². The molecule has 0 aliphatic carbocycles. The van der Waals surface area contributed by atoms with Gasteiger partial charge in [0.25, 0.3) is 0 Å². The van der Waals surface area contributed by atoms with Gasteiger partial charge in [-0.3, -0.25) is 19.8 Å². The van der Waals surface area contributed by atoms with Crippen LogP contribution in [0.3, 0.4) is 0 Å². The number of anilines is 1. The monoisotopic (exact) mass is 668 g/mol. The molecule has 2 unspecified atom stereocenters. The van der Waals surface area contributed by atoms with Crippen LogP contribution in [0.2, 0.25) is 0 Å². The van der Waals surface area contributed by atoms with E-state index in [-0.39, 0.29) is 24.3 Å². The number of aliphatic hydroxyl groups is 1. The summed E-state index contributed by atoms with van der Waals surface area (Å²) in [7, 11) is 0. The number of unbranched alkanes of at least 4 members (excludes halogenated alkanes) is 2. The van der Waals surface area contributed by atoms with Gasteiger partial charge in [-0.05, 0) is 89.1 Å². The van der Waals surface area contributed by atoms with E-state index in [4.69, 9.17) is 18.9 Å². The fourth-order valence-electron chi connectivity index (χ4n) is 5.75. The van der Waals surface area contributed by atoms with Crippen LogP contribution in [0.15, 0.2) is 42.5 Å². The summed E-state index contributed by atoms with van der Waals surface area (Å²) in [4.78, 5) is 37.7. The number of alkyl carbamates (subject to hydrolysis) is 1. The number of benzene rings is 2. The third-order valence-electron chi connectivity index (χ3n) is 8.19. The third-order valence-corrected chi connectivity index (χ3v) is 8.19. The van der Waals surface area contributed by atoms with Crippen molar-refractivity contribution in [3.05, 3.63) is 59.2 Å². The summed E-state index contributed by atoms with van der Waals surface area (Å²) in [5.74, 6) is 0.160. The van der Waals surface area contributed by atoms with Crippen molar-refractivity contribution in [2.45, 2.75) is 96.7 Å². The lowest BCUT2D eigenvalue weighted by Crippen LogP contribution is -2.51. The van der Waals surface area contributed by atoms with Crippen LogP contribution in [-0.4, -0.2) is 79.1 Å². The number of piperidine rings is 1. The summed E-state index contributed by atoms with van der Waals surface area (Å²) in [6.07, 6.45) is 3.05. The maximum Gasteiger partial charge on any atom is 0.408 e. The van der Waals surface area contributed by atoms with Crippen molar-refractivity contribution in [1.29, 1.82) is 0 Å². The Morgan fingerprint density at radius 2 is 1.73 bits per heavy atom. The fourth-order valence-corrected chi connectivity index (χ4v) is 5.75. The highest BCUT2D eigenvalue weighted by molar-refractivity contribution is 6.00. The molecule has 12 nitrogen and oxygen atoms in total. The van der Waals surface area contributed by atoms with Crippen molar-refractivity contribution in [1.82, 2.24) is 15.5 Å². The van der Waals surface area contributed by atoms with E-state index in [2.05, 4.69) is 16.0 Å². The molecule has 3 atom stereocenters. The number of nitrogens with zero attached hydrogens (tertiary/aromatic N) is 1. The minimum absolute atomic E-state index is 0.199. The Labute approximate surface area is 283 Å². The Hall–Kier alpha value is -3.71. The van der Waals surface area contributed by atoms with Crippen LogP contribution in [0.5, 0.6) is 5.75 Å². The van der Waals surface area contributed by atoms with E-state index >= 15 is 0 Å². The van der Waals surface area contributed by atoms with Gasteiger partial charge < -0.3 is 34.7 Å². The van der Waals surface area contributed by atoms with Gasteiger partial charge in [-0.1, -0.05) is 24.3 Å². The second-order valence-corrected chi connectivity index (χ2v) is 13.2. The van der Waals surface area contributed by atoms with Crippen LogP contribution in [0.1, 0.15) is 95.2 Å². The number of imide groups is 1. The number of amides is 3. The molecule has 3 amide bonds. The molecule has 2 heterocycles. The topological polar surface area (TPSA) is 148 Å². The molecule has 0 spiro atoms. The van der Waals surface area contributed by atoms with Crippen molar-refractivity contribution >= 4 is 23.6 Å². The Balaban J connectivity index is 1.00. The number of ether oxygens (including phenoxy) is 4. The summed E-state index contributed by atoms with van der Waals surface area (Å²) in [6, 6.07) is 12.7. The minimum atomic E-state index is -0.885. The molecule has 2 aliphatic heterocycles. The summed E-state index contributed by atoms with van der Waals surface area (Å²) in [5.41, 5.74) is 3.06. The first-order valence-electron chi connectivity index (χ1n) is 17.0. The van der Waals surface area contributed by atoms with Crippen LogP contribution in [0.4, 0.5) is 10.5 Å². The maximum absolute atomic E-state index is 12.4. The molecular weight excluding hydrogens is 616 g/mol. The molecule has 264 valence electrons. The van der Waals surface area contributed by atoms with Gasteiger partial charge in [-0.25, -0.2) is 4.79 Å². The molecule has 2 aromatic rings. The Kier molecular flexibility index (Phi) is 14.0. The Morgan fingerprint density at radius 1 is 1.00 bits per heavy atom. The highest BCUT2D eigenvalue weighted by Gasteiger charge is 2.40. The molecule has 1 saturated heterocycles. The number of nitrogens with one attached hydrogen (secondary N) is 3. The Morgan fingerprint density at radius 3 is 2.50 bits per heavy atom. The first-order chi connectivity index (χ1) is 23.0. The van der Waals surface area contributed by atoms with Crippen LogP contribution in [0.25, 0.3) is 0 Å². The van der Waals surface area contributed by atoms with E-state index in [1.54, 1.807) is 4.90 Å². The first kappa shape index (κ1) is 37.1. The quantitative estimate of drug-likeness (QED) is 0.127. The van der Waals surface area contributed by atoms with Gasteiger partial charge in [0.05, 0.1) is 25.3 Å². The molecule has 4 N–H and O–H groups in total. The molecule has 0 bridgehead atoms. The molecule has 4 rings (SSSR count). The number of hydrogen-bond acceptors (Lipinski definition) is 10. The molecule has 0 aromatic heterocycles. The number of aliphatic hydroxyl groups excluding tert-OH is 1. The highest BCUT2D eigenvalue weighted by Crippen LogP contribution is 2.38. The third kappa shape index (κ3) is 11.5. The highest BCUT2D eigenvalue weighted by atomic mass is 16.6. The van der Waals surface area contributed by atoms with Crippen molar-refractivity contribution in [2.24, 2.45) is 0 Å². The van der Waals surface area contributed by atoms with Crippen LogP contribution >= 0.6 is 0 Å². The van der Waals surface area contributed by atoms with Gasteiger partial charge in [0.2, 0.25) is 11.8 Å². The number of carbonyl (C=O) groups excluding carboxylic acids is 3.